The first kappa shape index (κ1) is 12.5. The number of benzene rings is 1. The highest BCUT2D eigenvalue weighted by molar-refractivity contribution is 6.29. The predicted octanol–water partition coefficient (Wildman–Crippen LogP) is 1.25. The first-order valence-corrected chi connectivity index (χ1v) is 5.29. The lowest BCUT2D eigenvalue weighted by Crippen LogP contribution is -2.30. The van der Waals surface area contributed by atoms with Gasteiger partial charge in [-0.25, -0.2) is 0 Å². The van der Waals surface area contributed by atoms with Crippen LogP contribution in [0.25, 0.3) is 0 Å². The molecule has 16 heavy (non-hydrogen) atoms. The van der Waals surface area contributed by atoms with E-state index in [1.165, 1.54) is 4.90 Å². The van der Waals surface area contributed by atoms with Gasteiger partial charge in [-0.1, -0.05) is 12.1 Å². The van der Waals surface area contributed by atoms with Crippen molar-refractivity contribution in [3.8, 4) is 0 Å². The number of nitrogens with zero attached hydrogens (tertiary/aromatic N) is 1. The lowest BCUT2D eigenvalue weighted by atomic mass is 10.1. The maximum absolute atomic E-state index is 11.6. The molecule has 0 aliphatic carbocycles. The molecule has 0 saturated heterocycles. The second kappa shape index (κ2) is 5.51. The van der Waals surface area contributed by atoms with Crippen molar-refractivity contribution in [3.63, 3.8) is 0 Å². The van der Waals surface area contributed by atoms with Crippen LogP contribution in [-0.4, -0.2) is 31.8 Å². The van der Waals surface area contributed by atoms with E-state index < -0.39 is 0 Å². The highest BCUT2D eigenvalue weighted by Gasteiger charge is 2.16. The Hall–Kier alpha value is -1.55. The molecule has 0 aromatic heterocycles. The Morgan fingerprint density at radius 3 is 2.56 bits per heavy atom. The fourth-order valence-corrected chi connectivity index (χ4v) is 1.50. The summed E-state index contributed by atoms with van der Waals surface area (Å²) in [6.07, 6.45) is 0. The third kappa shape index (κ3) is 2.52. The van der Waals surface area contributed by atoms with Crippen LogP contribution in [0.4, 0.5) is 5.69 Å². The molecule has 4 nitrogen and oxygen atoms in total. The zero-order chi connectivity index (χ0) is 12.1. The fourth-order valence-electron chi connectivity index (χ4n) is 1.32. The van der Waals surface area contributed by atoms with E-state index in [1.54, 1.807) is 38.4 Å². The van der Waals surface area contributed by atoms with Gasteiger partial charge in [-0.15, -0.1) is 11.6 Å². The zero-order valence-electron chi connectivity index (χ0n) is 9.16. The number of nitrogens with one attached hydrogen (secondary N) is 1. The van der Waals surface area contributed by atoms with Crippen LogP contribution in [0.2, 0.25) is 0 Å². The molecule has 1 aromatic carbocycles. The van der Waals surface area contributed by atoms with Crippen LogP contribution in [0.5, 0.6) is 0 Å². The summed E-state index contributed by atoms with van der Waals surface area (Å²) in [5.41, 5.74) is 0.999. The third-order valence-electron chi connectivity index (χ3n) is 2.23. The molecule has 0 aliphatic heterocycles. The van der Waals surface area contributed by atoms with Gasteiger partial charge in [0.15, 0.2) is 0 Å². The third-order valence-corrected chi connectivity index (χ3v) is 2.45. The SMILES string of the molecule is CNC(=O)c1ccccc1N(C)C(=O)CCl. The van der Waals surface area contributed by atoms with Gasteiger partial charge in [0.2, 0.25) is 5.91 Å². The number of alkyl halides is 1. The molecular formula is C11H13ClN2O2. The van der Waals surface area contributed by atoms with E-state index in [9.17, 15) is 9.59 Å². The number of carbonyl (C=O) groups excluding carboxylic acids is 2. The standard InChI is InChI=1S/C11H13ClN2O2/c1-13-11(16)8-5-3-4-6-9(8)14(2)10(15)7-12/h3-6H,7H2,1-2H3,(H,13,16). The van der Waals surface area contributed by atoms with Gasteiger partial charge < -0.3 is 10.2 Å². The van der Waals surface area contributed by atoms with Crippen LogP contribution < -0.4 is 10.2 Å². The summed E-state index contributed by atoms with van der Waals surface area (Å²) in [6.45, 7) is 0. The summed E-state index contributed by atoms with van der Waals surface area (Å²) in [6, 6.07) is 6.87. The van der Waals surface area contributed by atoms with Crippen molar-refractivity contribution in [1.82, 2.24) is 5.32 Å². The lowest BCUT2D eigenvalue weighted by molar-refractivity contribution is -0.116. The topological polar surface area (TPSA) is 49.4 Å². The summed E-state index contributed by atoms with van der Waals surface area (Å²) in [5.74, 6) is -0.596. The Morgan fingerprint density at radius 2 is 2.00 bits per heavy atom. The number of halogens is 1. The number of para-hydroxylation sites is 1. The van der Waals surface area contributed by atoms with E-state index >= 15 is 0 Å². The van der Waals surface area contributed by atoms with Crippen LogP contribution in [-0.2, 0) is 4.79 Å². The molecule has 0 aliphatic rings. The predicted molar refractivity (Wildman–Crippen MR) is 64.0 cm³/mol. The molecule has 0 unspecified atom stereocenters. The Labute approximate surface area is 99.2 Å². The molecule has 0 heterocycles. The molecule has 0 spiro atoms. The molecule has 0 saturated carbocycles. The quantitative estimate of drug-likeness (QED) is 0.809. The first-order chi connectivity index (χ1) is 7.61. The lowest BCUT2D eigenvalue weighted by Gasteiger charge is -2.18. The van der Waals surface area contributed by atoms with Crippen molar-refractivity contribution in [2.75, 3.05) is 24.9 Å². The Morgan fingerprint density at radius 1 is 1.38 bits per heavy atom. The molecular weight excluding hydrogens is 228 g/mol. The smallest absolute Gasteiger partial charge is 0.253 e. The minimum atomic E-state index is -0.252. The highest BCUT2D eigenvalue weighted by Crippen LogP contribution is 2.19. The van der Waals surface area contributed by atoms with Gasteiger partial charge in [-0.2, -0.15) is 0 Å². The summed E-state index contributed by atoms with van der Waals surface area (Å²) in [5, 5.41) is 2.52. The minimum Gasteiger partial charge on any atom is -0.355 e. The molecule has 0 radical (unpaired) electrons. The zero-order valence-corrected chi connectivity index (χ0v) is 9.91. The van der Waals surface area contributed by atoms with Gasteiger partial charge in [0, 0.05) is 14.1 Å². The van der Waals surface area contributed by atoms with Crippen LogP contribution in [0, 0.1) is 0 Å². The van der Waals surface area contributed by atoms with Crippen molar-refractivity contribution in [2.45, 2.75) is 0 Å². The van der Waals surface area contributed by atoms with Crippen LogP contribution in [0.3, 0.4) is 0 Å². The number of rotatable bonds is 3. The maximum atomic E-state index is 11.6. The Bertz CT molecular complexity index is 407. The van der Waals surface area contributed by atoms with Gasteiger partial charge in [0.1, 0.15) is 5.88 Å². The summed E-state index contributed by atoms with van der Waals surface area (Å²) in [7, 11) is 3.13. The van der Waals surface area contributed by atoms with E-state index in [0.717, 1.165) is 0 Å². The molecule has 1 rings (SSSR count). The Kier molecular flexibility index (Phi) is 4.31. The van der Waals surface area contributed by atoms with Crippen molar-refractivity contribution in [3.05, 3.63) is 29.8 Å². The molecule has 5 heteroatoms. The molecule has 0 fully saturated rings. The number of carbonyl (C=O) groups is 2. The molecule has 2 amide bonds. The largest absolute Gasteiger partial charge is 0.355 e. The van der Waals surface area contributed by atoms with Crippen molar-refractivity contribution < 1.29 is 9.59 Å². The summed E-state index contributed by atoms with van der Waals surface area (Å²) < 4.78 is 0. The van der Waals surface area contributed by atoms with E-state index in [4.69, 9.17) is 11.6 Å². The van der Waals surface area contributed by atoms with E-state index in [-0.39, 0.29) is 17.7 Å². The highest BCUT2D eigenvalue weighted by atomic mass is 35.5. The maximum Gasteiger partial charge on any atom is 0.253 e. The van der Waals surface area contributed by atoms with E-state index in [0.29, 0.717) is 11.3 Å². The minimum absolute atomic E-state index is 0.113. The van der Waals surface area contributed by atoms with Crippen LogP contribution >= 0.6 is 11.6 Å². The molecule has 1 N–H and O–H groups in total. The number of hydrogen-bond acceptors (Lipinski definition) is 2. The molecule has 86 valence electrons. The van der Waals surface area contributed by atoms with Crippen molar-refractivity contribution >= 4 is 29.1 Å². The monoisotopic (exact) mass is 240 g/mol. The summed E-state index contributed by atoms with van der Waals surface area (Å²) >= 11 is 5.47. The van der Waals surface area contributed by atoms with Gasteiger partial charge in [-0.05, 0) is 12.1 Å². The summed E-state index contributed by atoms with van der Waals surface area (Å²) in [4.78, 5) is 24.4. The van der Waals surface area contributed by atoms with Crippen LogP contribution in [0.15, 0.2) is 24.3 Å². The molecule has 0 bridgehead atoms. The molecule has 0 atom stereocenters. The second-order valence-electron chi connectivity index (χ2n) is 3.18. The average Bonchev–Trinajstić information content (AvgIpc) is 2.35. The van der Waals surface area contributed by atoms with Crippen molar-refractivity contribution in [1.29, 1.82) is 0 Å². The average molecular weight is 241 g/mol. The van der Waals surface area contributed by atoms with E-state index in [2.05, 4.69) is 5.32 Å². The normalized spacial score (nSPS) is 9.69. The second-order valence-corrected chi connectivity index (χ2v) is 3.45. The first-order valence-electron chi connectivity index (χ1n) is 4.75. The number of amides is 2. The van der Waals surface area contributed by atoms with Gasteiger partial charge in [-0.3, -0.25) is 9.59 Å². The molecule has 1 aromatic rings. The number of anilines is 1. The van der Waals surface area contributed by atoms with Gasteiger partial charge >= 0.3 is 0 Å². The van der Waals surface area contributed by atoms with E-state index in [1.807, 2.05) is 0 Å². The number of hydrogen-bond donors (Lipinski definition) is 1. The van der Waals surface area contributed by atoms with Gasteiger partial charge in [0.05, 0.1) is 11.3 Å². The van der Waals surface area contributed by atoms with Crippen LogP contribution in [0.1, 0.15) is 10.4 Å². The fraction of sp³-hybridized carbons (Fsp3) is 0.273. The van der Waals surface area contributed by atoms with Gasteiger partial charge in [0.25, 0.3) is 5.91 Å². The Balaban J connectivity index is 3.13. The van der Waals surface area contributed by atoms with Crippen molar-refractivity contribution in [2.24, 2.45) is 0 Å².